The van der Waals surface area contributed by atoms with E-state index in [0.29, 0.717) is 12.3 Å². The molecular weight excluding hydrogens is 240 g/mol. The zero-order valence-electron chi connectivity index (χ0n) is 11.6. The van der Waals surface area contributed by atoms with E-state index >= 15 is 0 Å². The molecule has 19 heavy (non-hydrogen) atoms. The number of hydrogen-bond acceptors (Lipinski definition) is 3. The van der Waals surface area contributed by atoms with Gasteiger partial charge in [0.1, 0.15) is 5.75 Å². The van der Waals surface area contributed by atoms with Crippen LogP contribution >= 0.6 is 0 Å². The maximum Gasteiger partial charge on any atom is 0.224 e. The number of carbonyl (C=O) groups excluding carboxylic acids is 1. The molecule has 1 aliphatic heterocycles. The summed E-state index contributed by atoms with van der Waals surface area (Å²) in [4.78, 5) is 11.9. The van der Waals surface area contributed by atoms with Gasteiger partial charge in [-0.05, 0) is 19.9 Å². The molecule has 0 aromatic heterocycles. The van der Waals surface area contributed by atoms with Gasteiger partial charge in [0.15, 0.2) is 0 Å². The number of benzene rings is 1. The van der Waals surface area contributed by atoms with Crippen molar-refractivity contribution in [1.82, 2.24) is 10.6 Å². The van der Waals surface area contributed by atoms with Crippen LogP contribution in [0.15, 0.2) is 24.3 Å². The van der Waals surface area contributed by atoms with Crippen LogP contribution in [0.1, 0.15) is 19.4 Å². The second-order valence-corrected chi connectivity index (χ2v) is 5.28. The van der Waals surface area contributed by atoms with E-state index in [1.165, 1.54) is 0 Å². The van der Waals surface area contributed by atoms with Gasteiger partial charge in [-0.3, -0.25) is 4.79 Å². The Bertz CT molecular complexity index is 428. The summed E-state index contributed by atoms with van der Waals surface area (Å²) >= 11 is 0. The van der Waals surface area contributed by atoms with Gasteiger partial charge in [0.05, 0.1) is 12.5 Å². The Kier molecular flexibility index (Phi) is 4.80. The molecule has 1 heterocycles. The third-order valence-electron chi connectivity index (χ3n) is 3.14. The molecule has 104 valence electrons. The molecule has 1 amide bonds. The van der Waals surface area contributed by atoms with Crippen LogP contribution in [0.3, 0.4) is 0 Å². The normalized spacial score (nSPS) is 15.1. The van der Waals surface area contributed by atoms with Gasteiger partial charge in [-0.1, -0.05) is 18.2 Å². The number of carbonyl (C=O) groups is 1. The molecule has 2 rings (SSSR count). The van der Waals surface area contributed by atoms with E-state index in [-0.39, 0.29) is 12.0 Å². The number of hydrogen-bond donors (Lipinski definition) is 2. The monoisotopic (exact) mass is 262 g/mol. The molecule has 4 heteroatoms. The van der Waals surface area contributed by atoms with E-state index in [4.69, 9.17) is 4.74 Å². The first-order chi connectivity index (χ1) is 9.15. The summed E-state index contributed by atoms with van der Waals surface area (Å²) in [5.41, 5.74) is 0.945. The zero-order valence-corrected chi connectivity index (χ0v) is 11.6. The molecule has 2 N–H and O–H groups in total. The first kappa shape index (κ1) is 13.9. The molecule has 0 bridgehead atoms. The van der Waals surface area contributed by atoms with Crippen molar-refractivity contribution < 1.29 is 9.53 Å². The van der Waals surface area contributed by atoms with Crippen LogP contribution in [0.25, 0.3) is 0 Å². The molecule has 0 spiro atoms. The van der Waals surface area contributed by atoms with Crippen molar-refractivity contribution in [3.8, 4) is 5.75 Å². The predicted octanol–water partition coefficient (Wildman–Crippen LogP) is 1.35. The fourth-order valence-electron chi connectivity index (χ4n) is 2.01. The minimum Gasteiger partial charge on any atom is -0.491 e. The smallest absolute Gasteiger partial charge is 0.224 e. The molecule has 4 nitrogen and oxygen atoms in total. The van der Waals surface area contributed by atoms with Crippen LogP contribution in [-0.4, -0.2) is 31.6 Å². The Hall–Kier alpha value is -1.55. The van der Waals surface area contributed by atoms with Crippen molar-refractivity contribution >= 4 is 5.91 Å². The zero-order chi connectivity index (χ0) is 13.7. The predicted molar refractivity (Wildman–Crippen MR) is 75.3 cm³/mol. The summed E-state index contributed by atoms with van der Waals surface area (Å²) < 4.78 is 5.71. The molecule has 0 atom stereocenters. The van der Waals surface area contributed by atoms with Crippen molar-refractivity contribution in [2.24, 2.45) is 5.92 Å². The molecule has 1 aromatic carbocycles. The van der Waals surface area contributed by atoms with Crippen LogP contribution in [0.4, 0.5) is 0 Å². The SMILES string of the molecule is CC(C)Oc1ccccc1CC(=O)NCC1CNC1. The number of ether oxygens (including phenoxy) is 1. The van der Waals surface area contributed by atoms with E-state index in [0.717, 1.165) is 30.9 Å². The summed E-state index contributed by atoms with van der Waals surface area (Å²) in [7, 11) is 0. The fourth-order valence-corrected chi connectivity index (χ4v) is 2.01. The highest BCUT2D eigenvalue weighted by molar-refractivity contribution is 5.79. The van der Waals surface area contributed by atoms with E-state index in [2.05, 4.69) is 10.6 Å². The molecule has 1 saturated heterocycles. The van der Waals surface area contributed by atoms with Crippen molar-refractivity contribution in [3.05, 3.63) is 29.8 Å². The van der Waals surface area contributed by atoms with E-state index < -0.39 is 0 Å². The molecule has 0 unspecified atom stereocenters. The highest BCUT2D eigenvalue weighted by atomic mass is 16.5. The van der Waals surface area contributed by atoms with E-state index in [1.54, 1.807) is 0 Å². The minimum absolute atomic E-state index is 0.0618. The average Bonchev–Trinajstić information content (AvgIpc) is 2.29. The van der Waals surface area contributed by atoms with Gasteiger partial charge in [0.25, 0.3) is 0 Å². The Labute approximate surface area is 114 Å². The Balaban J connectivity index is 1.87. The van der Waals surface area contributed by atoms with Crippen LogP contribution in [-0.2, 0) is 11.2 Å². The average molecular weight is 262 g/mol. The van der Waals surface area contributed by atoms with Crippen molar-refractivity contribution in [2.75, 3.05) is 19.6 Å². The largest absolute Gasteiger partial charge is 0.491 e. The topological polar surface area (TPSA) is 50.4 Å². The summed E-state index contributed by atoms with van der Waals surface area (Å²) in [5.74, 6) is 1.45. The molecule has 0 radical (unpaired) electrons. The van der Waals surface area contributed by atoms with Crippen molar-refractivity contribution in [1.29, 1.82) is 0 Å². The van der Waals surface area contributed by atoms with Gasteiger partial charge in [-0.2, -0.15) is 0 Å². The van der Waals surface area contributed by atoms with Crippen LogP contribution in [0, 0.1) is 5.92 Å². The van der Waals surface area contributed by atoms with Gasteiger partial charge < -0.3 is 15.4 Å². The quantitative estimate of drug-likeness (QED) is 0.813. The maximum atomic E-state index is 11.9. The first-order valence-corrected chi connectivity index (χ1v) is 6.87. The molecule has 0 aliphatic carbocycles. The van der Waals surface area contributed by atoms with Crippen molar-refractivity contribution in [2.45, 2.75) is 26.4 Å². The highest BCUT2D eigenvalue weighted by Crippen LogP contribution is 2.19. The van der Waals surface area contributed by atoms with Gasteiger partial charge in [-0.25, -0.2) is 0 Å². The van der Waals surface area contributed by atoms with Gasteiger partial charge >= 0.3 is 0 Å². The Morgan fingerprint density at radius 2 is 2.16 bits per heavy atom. The van der Waals surface area contributed by atoms with Crippen LogP contribution in [0.5, 0.6) is 5.75 Å². The Morgan fingerprint density at radius 1 is 1.42 bits per heavy atom. The molecule has 1 fully saturated rings. The third-order valence-corrected chi connectivity index (χ3v) is 3.14. The summed E-state index contributed by atoms with van der Waals surface area (Å²) in [6.45, 7) is 6.75. The van der Waals surface area contributed by atoms with Crippen LogP contribution < -0.4 is 15.4 Å². The number of para-hydroxylation sites is 1. The number of nitrogens with one attached hydrogen (secondary N) is 2. The molecule has 1 aliphatic rings. The maximum absolute atomic E-state index is 11.9. The lowest BCUT2D eigenvalue weighted by Gasteiger charge is -2.27. The summed E-state index contributed by atoms with van der Waals surface area (Å²) in [6, 6.07) is 7.73. The fraction of sp³-hybridized carbons (Fsp3) is 0.533. The lowest BCUT2D eigenvalue weighted by atomic mass is 10.0. The molecule has 1 aromatic rings. The van der Waals surface area contributed by atoms with Gasteiger partial charge in [0.2, 0.25) is 5.91 Å². The van der Waals surface area contributed by atoms with E-state index in [9.17, 15) is 4.79 Å². The standard InChI is InChI=1S/C15H22N2O2/c1-11(2)19-14-6-4-3-5-13(14)7-15(18)17-10-12-8-16-9-12/h3-6,11-12,16H,7-10H2,1-2H3,(H,17,18). The minimum atomic E-state index is 0.0618. The van der Waals surface area contributed by atoms with E-state index in [1.807, 2.05) is 38.1 Å². The summed E-state index contributed by atoms with van der Waals surface area (Å²) in [6.07, 6.45) is 0.494. The van der Waals surface area contributed by atoms with Gasteiger partial charge in [0, 0.05) is 31.1 Å². The lowest BCUT2D eigenvalue weighted by molar-refractivity contribution is -0.120. The van der Waals surface area contributed by atoms with Gasteiger partial charge in [-0.15, -0.1) is 0 Å². The van der Waals surface area contributed by atoms with Crippen molar-refractivity contribution in [3.63, 3.8) is 0 Å². The second-order valence-electron chi connectivity index (χ2n) is 5.28. The third kappa shape index (κ3) is 4.24. The second kappa shape index (κ2) is 6.57. The molecular formula is C15H22N2O2. The Morgan fingerprint density at radius 3 is 2.79 bits per heavy atom. The summed E-state index contributed by atoms with van der Waals surface area (Å²) in [5, 5.41) is 6.17. The first-order valence-electron chi connectivity index (χ1n) is 6.87. The molecule has 0 saturated carbocycles. The van der Waals surface area contributed by atoms with Crippen LogP contribution in [0.2, 0.25) is 0 Å². The number of rotatable bonds is 6. The lowest BCUT2D eigenvalue weighted by Crippen LogP contribution is -2.48. The highest BCUT2D eigenvalue weighted by Gasteiger charge is 2.17. The number of amides is 1.